The predicted octanol–water partition coefficient (Wildman–Crippen LogP) is 3.51. The third-order valence-electron chi connectivity index (χ3n) is 4.10. The standard InChI is InChI=1S/C18H21F2NO2/c1-3-12(4-2)5-8-18(23)21-11-14(22)10-17(21)15-9-13(19)6-7-16(15)20/h3,5-9,14,17,22H,4,10-11H2,1-2H3. The first-order valence-corrected chi connectivity index (χ1v) is 7.73. The van der Waals surface area contributed by atoms with Crippen LogP contribution in [0.1, 0.15) is 38.3 Å². The van der Waals surface area contributed by atoms with Crippen molar-refractivity contribution in [3.8, 4) is 0 Å². The molecular formula is C18H21F2NO2. The number of nitrogens with zero attached hydrogens (tertiary/aromatic N) is 1. The van der Waals surface area contributed by atoms with Crippen molar-refractivity contribution in [2.24, 2.45) is 0 Å². The first-order valence-electron chi connectivity index (χ1n) is 7.73. The van der Waals surface area contributed by atoms with Gasteiger partial charge in [-0.2, -0.15) is 0 Å². The lowest BCUT2D eigenvalue weighted by atomic mass is 10.0. The van der Waals surface area contributed by atoms with Gasteiger partial charge in [-0.3, -0.25) is 4.79 Å². The van der Waals surface area contributed by atoms with Crippen LogP contribution in [0.15, 0.2) is 42.0 Å². The Bertz CT molecular complexity index is 640. The number of allylic oxidation sites excluding steroid dienone is 3. The number of hydrogen-bond donors (Lipinski definition) is 1. The molecule has 1 saturated heterocycles. The molecule has 3 nitrogen and oxygen atoms in total. The van der Waals surface area contributed by atoms with Crippen LogP contribution < -0.4 is 0 Å². The van der Waals surface area contributed by atoms with Crippen LogP contribution in [-0.4, -0.2) is 28.6 Å². The van der Waals surface area contributed by atoms with E-state index < -0.39 is 23.8 Å². The van der Waals surface area contributed by atoms with E-state index in [4.69, 9.17) is 0 Å². The number of rotatable bonds is 4. The van der Waals surface area contributed by atoms with E-state index in [0.29, 0.717) is 0 Å². The summed E-state index contributed by atoms with van der Waals surface area (Å²) in [6.07, 6.45) is 5.29. The van der Waals surface area contributed by atoms with E-state index in [2.05, 4.69) is 0 Å². The summed E-state index contributed by atoms with van der Waals surface area (Å²) in [7, 11) is 0. The minimum Gasteiger partial charge on any atom is -0.391 e. The maximum absolute atomic E-state index is 14.0. The molecule has 2 rings (SSSR count). The second-order valence-electron chi connectivity index (χ2n) is 5.61. The van der Waals surface area contributed by atoms with Crippen molar-refractivity contribution in [2.45, 2.75) is 38.8 Å². The van der Waals surface area contributed by atoms with E-state index >= 15 is 0 Å². The summed E-state index contributed by atoms with van der Waals surface area (Å²) in [5.41, 5.74) is 1.11. The molecular weight excluding hydrogens is 300 g/mol. The molecule has 1 aromatic rings. The molecule has 0 bridgehead atoms. The molecule has 1 N–H and O–H groups in total. The van der Waals surface area contributed by atoms with Crippen LogP contribution in [0, 0.1) is 11.6 Å². The minimum absolute atomic E-state index is 0.102. The highest BCUT2D eigenvalue weighted by Crippen LogP contribution is 2.34. The van der Waals surface area contributed by atoms with Crippen molar-refractivity contribution in [3.05, 3.63) is 59.2 Å². The lowest BCUT2D eigenvalue weighted by Crippen LogP contribution is -2.30. The van der Waals surface area contributed by atoms with Crippen molar-refractivity contribution in [1.29, 1.82) is 0 Å². The molecule has 1 amide bonds. The Morgan fingerprint density at radius 1 is 1.39 bits per heavy atom. The van der Waals surface area contributed by atoms with E-state index in [1.165, 1.54) is 11.0 Å². The SMILES string of the molecule is CC=C(C=CC(=O)N1CC(O)CC1c1cc(F)ccc1F)CC. The van der Waals surface area contributed by atoms with Gasteiger partial charge in [0.25, 0.3) is 0 Å². The molecule has 23 heavy (non-hydrogen) atoms. The van der Waals surface area contributed by atoms with E-state index in [1.807, 2.05) is 19.9 Å². The van der Waals surface area contributed by atoms with Gasteiger partial charge in [0, 0.05) is 18.2 Å². The maximum atomic E-state index is 14.0. The van der Waals surface area contributed by atoms with Gasteiger partial charge in [0.15, 0.2) is 0 Å². The molecule has 0 saturated carbocycles. The fourth-order valence-electron chi connectivity index (χ4n) is 2.81. The first-order chi connectivity index (χ1) is 11.0. The first kappa shape index (κ1) is 17.3. The number of benzene rings is 1. The number of halogens is 2. The summed E-state index contributed by atoms with van der Waals surface area (Å²) in [6, 6.07) is 2.51. The van der Waals surface area contributed by atoms with Crippen LogP contribution in [-0.2, 0) is 4.79 Å². The number of aliphatic hydroxyl groups is 1. The molecule has 1 aliphatic heterocycles. The van der Waals surface area contributed by atoms with Gasteiger partial charge in [-0.15, -0.1) is 0 Å². The molecule has 124 valence electrons. The summed E-state index contributed by atoms with van der Waals surface area (Å²) in [5, 5.41) is 9.86. The predicted molar refractivity (Wildman–Crippen MR) is 84.6 cm³/mol. The van der Waals surface area contributed by atoms with Crippen molar-refractivity contribution < 1.29 is 18.7 Å². The van der Waals surface area contributed by atoms with E-state index in [9.17, 15) is 18.7 Å². The zero-order valence-electron chi connectivity index (χ0n) is 13.3. The largest absolute Gasteiger partial charge is 0.391 e. The van der Waals surface area contributed by atoms with Crippen LogP contribution in [0.3, 0.4) is 0 Å². The quantitative estimate of drug-likeness (QED) is 0.681. The van der Waals surface area contributed by atoms with Crippen LogP contribution >= 0.6 is 0 Å². The summed E-state index contributed by atoms with van der Waals surface area (Å²) in [5.74, 6) is -1.45. The van der Waals surface area contributed by atoms with Crippen molar-refractivity contribution in [2.75, 3.05) is 6.54 Å². The van der Waals surface area contributed by atoms with Gasteiger partial charge in [-0.1, -0.05) is 24.6 Å². The van der Waals surface area contributed by atoms with Gasteiger partial charge in [-0.05, 0) is 38.0 Å². The summed E-state index contributed by atoms with van der Waals surface area (Å²) < 4.78 is 27.4. The normalized spacial score (nSPS) is 22.1. The second-order valence-corrected chi connectivity index (χ2v) is 5.61. The molecule has 0 aromatic heterocycles. The molecule has 1 aliphatic rings. The van der Waals surface area contributed by atoms with E-state index in [1.54, 1.807) is 6.08 Å². The Hall–Kier alpha value is -2.01. The molecule has 1 heterocycles. The molecule has 5 heteroatoms. The summed E-state index contributed by atoms with van der Waals surface area (Å²) >= 11 is 0. The summed E-state index contributed by atoms with van der Waals surface area (Å²) in [6.45, 7) is 3.98. The third kappa shape index (κ3) is 4.05. The van der Waals surface area contributed by atoms with Crippen molar-refractivity contribution in [3.63, 3.8) is 0 Å². The fraction of sp³-hybridized carbons (Fsp3) is 0.389. The zero-order valence-corrected chi connectivity index (χ0v) is 13.3. The third-order valence-corrected chi connectivity index (χ3v) is 4.10. The van der Waals surface area contributed by atoms with E-state index in [0.717, 1.165) is 30.2 Å². The van der Waals surface area contributed by atoms with Gasteiger partial charge < -0.3 is 10.0 Å². The molecule has 2 atom stereocenters. The fourth-order valence-corrected chi connectivity index (χ4v) is 2.81. The monoisotopic (exact) mass is 321 g/mol. The number of β-amino-alcohol motifs (C(OH)–C–C–N with tert-alkyl or cyclic N) is 1. The molecule has 1 fully saturated rings. The van der Waals surface area contributed by atoms with Crippen LogP contribution in [0.4, 0.5) is 8.78 Å². The highest BCUT2D eigenvalue weighted by molar-refractivity contribution is 5.88. The van der Waals surface area contributed by atoms with Crippen LogP contribution in [0.25, 0.3) is 0 Å². The summed E-state index contributed by atoms with van der Waals surface area (Å²) in [4.78, 5) is 13.8. The van der Waals surface area contributed by atoms with Crippen LogP contribution in [0.5, 0.6) is 0 Å². The lowest BCUT2D eigenvalue weighted by Gasteiger charge is -2.24. The molecule has 0 spiro atoms. The Morgan fingerprint density at radius 3 is 2.78 bits per heavy atom. The second kappa shape index (κ2) is 7.51. The molecule has 0 aliphatic carbocycles. The Morgan fingerprint density at radius 2 is 2.13 bits per heavy atom. The van der Waals surface area contributed by atoms with Gasteiger partial charge in [0.05, 0.1) is 12.1 Å². The Kier molecular flexibility index (Phi) is 5.66. The topological polar surface area (TPSA) is 40.5 Å². The maximum Gasteiger partial charge on any atom is 0.247 e. The number of aliphatic hydroxyl groups excluding tert-OH is 1. The number of likely N-dealkylation sites (tertiary alicyclic amines) is 1. The van der Waals surface area contributed by atoms with Gasteiger partial charge in [0.2, 0.25) is 5.91 Å². The van der Waals surface area contributed by atoms with Gasteiger partial charge in [0.1, 0.15) is 11.6 Å². The number of carbonyl (C=O) groups is 1. The van der Waals surface area contributed by atoms with Crippen molar-refractivity contribution >= 4 is 5.91 Å². The average Bonchev–Trinajstić information content (AvgIpc) is 2.92. The number of hydrogen-bond acceptors (Lipinski definition) is 2. The molecule has 0 radical (unpaired) electrons. The molecule has 2 unspecified atom stereocenters. The van der Waals surface area contributed by atoms with Crippen LogP contribution in [0.2, 0.25) is 0 Å². The molecule has 1 aromatic carbocycles. The highest BCUT2D eigenvalue weighted by atomic mass is 19.1. The lowest BCUT2D eigenvalue weighted by molar-refractivity contribution is -0.127. The van der Waals surface area contributed by atoms with E-state index in [-0.39, 0.29) is 24.4 Å². The highest BCUT2D eigenvalue weighted by Gasteiger charge is 2.36. The Labute approximate surface area is 134 Å². The number of carbonyl (C=O) groups excluding carboxylic acids is 1. The average molecular weight is 321 g/mol. The Balaban J connectivity index is 2.26. The van der Waals surface area contributed by atoms with Crippen molar-refractivity contribution in [1.82, 2.24) is 4.90 Å². The van der Waals surface area contributed by atoms with Gasteiger partial charge >= 0.3 is 0 Å². The van der Waals surface area contributed by atoms with Gasteiger partial charge in [-0.25, -0.2) is 8.78 Å². The minimum atomic E-state index is -0.743. The smallest absolute Gasteiger partial charge is 0.247 e. The number of amides is 1. The zero-order chi connectivity index (χ0) is 17.0.